The Morgan fingerprint density at radius 1 is 1.32 bits per heavy atom. The van der Waals surface area contributed by atoms with E-state index in [9.17, 15) is 0 Å². The van der Waals surface area contributed by atoms with Gasteiger partial charge in [-0.2, -0.15) is 0 Å². The van der Waals surface area contributed by atoms with Crippen molar-refractivity contribution in [1.29, 1.82) is 0 Å². The minimum atomic E-state index is 0.198. The molecule has 4 heteroatoms. The molecular weight excluding hydrogens is 256 g/mol. The SMILES string of the molecule is Cc1ccc(C2C=C(N)ON2C2CCCCC2C)s1. The predicted molar refractivity (Wildman–Crippen MR) is 78.4 cm³/mol. The third-order valence-corrected chi connectivity index (χ3v) is 5.32. The maximum absolute atomic E-state index is 5.91. The fourth-order valence-corrected chi connectivity index (χ4v) is 4.14. The Bertz CT molecular complexity index is 482. The highest BCUT2D eigenvalue weighted by atomic mass is 32.1. The molecule has 0 saturated heterocycles. The monoisotopic (exact) mass is 278 g/mol. The van der Waals surface area contributed by atoms with Crippen LogP contribution in [0.1, 0.15) is 48.4 Å². The fourth-order valence-electron chi connectivity index (χ4n) is 3.21. The zero-order valence-corrected chi connectivity index (χ0v) is 12.5. The minimum Gasteiger partial charge on any atom is -0.387 e. The van der Waals surface area contributed by atoms with Gasteiger partial charge in [-0.1, -0.05) is 19.8 Å². The molecule has 1 fully saturated rings. The lowest BCUT2D eigenvalue weighted by molar-refractivity contribution is -0.170. The van der Waals surface area contributed by atoms with E-state index in [0.717, 1.165) is 0 Å². The molecule has 0 radical (unpaired) electrons. The summed E-state index contributed by atoms with van der Waals surface area (Å²) in [6.45, 7) is 4.48. The van der Waals surface area contributed by atoms with E-state index in [-0.39, 0.29) is 6.04 Å². The Morgan fingerprint density at radius 2 is 2.11 bits per heavy atom. The van der Waals surface area contributed by atoms with Gasteiger partial charge in [0.15, 0.2) is 0 Å². The van der Waals surface area contributed by atoms with Crippen molar-refractivity contribution in [3.8, 4) is 0 Å². The molecule has 1 aromatic rings. The number of nitrogens with zero attached hydrogens (tertiary/aromatic N) is 1. The van der Waals surface area contributed by atoms with Gasteiger partial charge in [0.25, 0.3) is 0 Å². The first kappa shape index (κ1) is 13.0. The van der Waals surface area contributed by atoms with Gasteiger partial charge in [-0.05, 0) is 37.8 Å². The van der Waals surface area contributed by atoms with Crippen LogP contribution in [-0.2, 0) is 4.84 Å². The lowest BCUT2D eigenvalue weighted by atomic mass is 9.85. The first-order valence-corrected chi connectivity index (χ1v) is 7.97. The quantitative estimate of drug-likeness (QED) is 0.896. The van der Waals surface area contributed by atoms with E-state index < -0.39 is 0 Å². The molecule has 2 N–H and O–H groups in total. The highest BCUT2D eigenvalue weighted by Crippen LogP contribution is 2.40. The molecular formula is C15H22N2OS. The molecule has 1 aromatic heterocycles. The van der Waals surface area contributed by atoms with E-state index in [4.69, 9.17) is 10.6 Å². The Kier molecular flexibility index (Phi) is 3.54. The fraction of sp³-hybridized carbons (Fsp3) is 0.600. The van der Waals surface area contributed by atoms with Crippen molar-refractivity contribution in [2.45, 2.75) is 51.6 Å². The van der Waals surface area contributed by atoms with E-state index >= 15 is 0 Å². The number of hydrogen-bond acceptors (Lipinski definition) is 4. The summed E-state index contributed by atoms with van der Waals surface area (Å²) in [5.74, 6) is 1.23. The van der Waals surface area contributed by atoms with Gasteiger partial charge in [-0.3, -0.25) is 0 Å². The van der Waals surface area contributed by atoms with Crippen molar-refractivity contribution in [2.75, 3.05) is 0 Å². The molecule has 3 rings (SSSR count). The van der Waals surface area contributed by atoms with Crippen LogP contribution >= 0.6 is 11.3 Å². The van der Waals surface area contributed by atoms with Crippen molar-refractivity contribution >= 4 is 11.3 Å². The van der Waals surface area contributed by atoms with Crippen LogP contribution in [0.25, 0.3) is 0 Å². The van der Waals surface area contributed by atoms with Gasteiger partial charge in [0.1, 0.15) is 6.04 Å². The van der Waals surface area contributed by atoms with Crippen LogP contribution in [0, 0.1) is 12.8 Å². The van der Waals surface area contributed by atoms with Crippen LogP contribution in [0.4, 0.5) is 0 Å². The van der Waals surface area contributed by atoms with E-state index in [0.29, 0.717) is 17.8 Å². The number of aryl methyl sites for hydroxylation is 1. The zero-order valence-electron chi connectivity index (χ0n) is 11.6. The molecule has 0 spiro atoms. The third-order valence-electron chi connectivity index (χ3n) is 4.25. The number of thiophene rings is 1. The first-order valence-electron chi connectivity index (χ1n) is 7.15. The largest absolute Gasteiger partial charge is 0.387 e. The second-order valence-corrected chi connectivity index (χ2v) is 7.06. The standard InChI is InChI=1S/C15H22N2OS/c1-10-5-3-4-6-12(10)17-13(9-15(16)18-17)14-8-7-11(2)19-14/h7-10,12-13H,3-6,16H2,1-2H3. The van der Waals surface area contributed by atoms with Crippen LogP contribution in [0.2, 0.25) is 0 Å². The lowest BCUT2D eigenvalue weighted by Crippen LogP contribution is -2.40. The zero-order chi connectivity index (χ0) is 13.4. The van der Waals surface area contributed by atoms with Gasteiger partial charge in [-0.25, -0.2) is 0 Å². The summed E-state index contributed by atoms with van der Waals surface area (Å²) >= 11 is 1.83. The van der Waals surface area contributed by atoms with Gasteiger partial charge >= 0.3 is 0 Å². The number of rotatable bonds is 2. The molecule has 3 nitrogen and oxygen atoms in total. The summed E-state index contributed by atoms with van der Waals surface area (Å²) in [6.07, 6.45) is 7.19. The molecule has 3 unspecified atom stereocenters. The number of nitrogens with two attached hydrogens (primary N) is 1. The van der Waals surface area contributed by atoms with Crippen molar-refractivity contribution < 1.29 is 4.84 Å². The van der Waals surface area contributed by atoms with Crippen molar-refractivity contribution in [3.63, 3.8) is 0 Å². The van der Waals surface area contributed by atoms with E-state index in [1.165, 1.54) is 35.4 Å². The summed E-state index contributed by atoms with van der Waals surface area (Å²) in [4.78, 5) is 8.49. The van der Waals surface area contributed by atoms with E-state index in [1.807, 2.05) is 17.4 Å². The van der Waals surface area contributed by atoms with Gasteiger partial charge in [0, 0.05) is 21.9 Å². The minimum absolute atomic E-state index is 0.198. The molecule has 0 aromatic carbocycles. The van der Waals surface area contributed by atoms with Crippen LogP contribution in [-0.4, -0.2) is 11.1 Å². The van der Waals surface area contributed by atoms with Gasteiger partial charge in [-0.15, -0.1) is 16.4 Å². The van der Waals surface area contributed by atoms with Crippen LogP contribution in [0.15, 0.2) is 24.1 Å². The van der Waals surface area contributed by atoms with Crippen LogP contribution in [0.3, 0.4) is 0 Å². The van der Waals surface area contributed by atoms with Crippen LogP contribution in [0.5, 0.6) is 0 Å². The first-order chi connectivity index (χ1) is 9.15. The average Bonchev–Trinajstić information content (AvgIpc) is 2.96. The summed E-state index contributed by atoms with van der Waals surface area (Å²) in [6, 6.07) is 5.05. The molecule has 19 heavy (non-hydrogen) atoms. The van der Waals surface area contributed by atoms with E-state index in [1.54, 1.807) is 0 Å². The van der Waals surface area contributed by atoms with E-state index in [2.05, 4.69) is 31.0 Å². The van der Waals surface area contributed by atoms with Gasteiger partial charge < -0.3 is 10.6 Å². The number of hydrogen-bond donors (Lipinski definition) is 1. The smallest absolute Gasteiger partial charge is 0.207 e. The summed E-state index contributed by atoms with van der Waals surface area (Å²) in [5.41, 5.74) is 5.91. The maximum atomic E-state index is 5.91. The topological polar surface area (TPSA) is 38.5 Å². The highest BCUT2D eigenvalue weighted by Gasteiger charge is 2.37. The summed E-state index contributed by atoms with van der Waals surface area (Å²) in [7, 11) is 0. The van der Waals surface area contributed by atoms with Crippen LogP contribution < -0.4 is 5.73 Å². The summed E-state index contributed by atoms with van der Waals surface area (Å²) < 4.78 is 0. The van der Waals surface area contributed by atoms with Crippen molar-refractivity contribution in [1.82, 2.24) is 5.06 Å². The maximum Gasteiger partial charge on any atom is 0.207 e. The molecule has 104 valence electrons. The molecule has 2 aliphatic rings. The molecule has 0 amide bonds. The van der Waals surface area contributed by atoms with Gasteiger partial charge in [0.05, 0.1) is 0 Å². The van der Waals surface area contributed by atoms with Crippen molar-refractivity contribution in [3.05, 3.63) is 33.8 Å². The molecule has 1 saturated carbocycles. The molecule has 1 aliphatic carbocycles. The van der Waals surface area contributed by atoms with Crippen molar-refractivity contribution in [2.24, 2.45) is 11.7 Å². The number of hydroxylamine groups is 2. The second kappa shape index (κ2) is 5.17. The lowest BCUT2D eigenvalue weighted by Gasteiger charge is -2.37. The Balaban J connectivity index is 1.84. The molecule has 1 aliphatic heterocycles. The Hall–Kier alpha value is -1.00. The summed E-state index contributed by atoms with van der Waals surface area (Å²) in [5, 5.41) is 2.14. The molecule has 2 heterocycles. The second-order valence-electron chi connectivity index (χ2n) is 5.74. The Labute approximate surface area is 119 Å². The highest BCUT2D eigenvalue weighted by molar-refractivity contribution is 7.12. The molecule has 3 atom stereocenters. The normalized spacial score (nSPS) is 32.1. The average molecular weight is 278 g/mol. The van der Waals surface area contributed by atoms with Gasteiger partial charge in [0.2, 0.25) is 5.88 Å². The predicted octanol–water partition coefficient (Wildman–Crippen LogP) is 3.72. The third kappa shape index (κ3) is 2.51. The molecule has 0 bridgehead atoms. The Morgan fingerprint density at radius 3 is 2.79 bits per heavy atom.